The molecule has 0 aliphatic carbocycles. The third kappa shape index (κ3) is 2.82. The highest BCUT2D eigenvalue weighted by Gasteiger charge is 2.20. The van der Waals surface area contributed by atoms with Crippen molar-refractivity contribution in [2.75, 3.05) is 7.11 Å². The van der Waals surface area contributed by atoms with Crippen LogP contribution in [0.3, 0.4) is 0 Å². The maximum atomic E-state index is 5.14. The van der Waals surface area contributed by atoms with Crippen molar-refractivity contribution in [1.29, 1.82) is 0 Å². The lowest BCUT2D eigenvalue weighted by Gasteiger charge is -2.13. The highest BCUT2D eigenvalue weighted by atomic mass is 32.1. The van der Waals surface area contributed by atoms with E-state index in [1.54, 1.807) is 23.0 Å². The summed E-state index contributed by atoms with van der Waals surface area (Å²) in [4.78, 5) is 0.828. The number of rotatable bonds is 6. The van der Waals surface area contributed by atoms with Gasteiger partial charge in [0.1, 0.15) is 11.6 Å². The summed E-state index contributed by atoms with van der Waals surface area (Å²) in [5.41, 5.74) is 1.30. The van der Waals surface area contributed by atoms with Gasteiger partial charge in [-0.05, 0) is 12.0 Å². The van der Waals surface area contributed by atoms with Gasteiger partial charge in [-0.1, -0.05) is 55.0 Å². The van der Waals surface area contributed by atoms with Crippen molar-refractivity contribution in [3.63, 3.8) is 0 Å². The second-order valence-corrected chi connectivity index (χ2v) is 5.92. The molecule has 3 aromatic rings. The first kappa shape index (κ1) is 14.2. The van der Waals surface area contributed by atoms with Crippen LogP contribution in [0.2, 0.25) is 0 Å². The molecule has 0 amide bonds. The van der Waals surface area contributed by atoms with Crippen molar-refractivity contribution in [1.82, 2.24) is 19.8 Å². The first-order valence-electron chi connectivity index (χ1n) is 7.08. The lowest BCUT2D eigenvalue weighted by molar-refractivity contribution is 0.176. The molecule has 0 fully saturated rings. The molecule has 1 aromatic carbocycles. The van der Waals surface area contributed by atoms with Crippen LogP contribution >= 0.6 is 11.3 Å². The number of hydrogen-bond donors (Lipinski definition) is 0. The summed E-state index contributed by atoms with van der Waals surface area (Å²) in [6.45, 7) is 2.63. The minimum Gasteiger partial charge on any atom is -0.377 e. The fourth-order valence-electron chi connectivity index (χ4n) is 2.44. The summed E-state index contributed by atoms with van der Waals surface area (Å²) >= 11 is 1.61. The van der Waals surface area contributed by atoms with Gasteiger partial charge in [0.05, 0.1) is 0 Å². The van der Waals surface area contributed by atoms with Crippen molar-refractivity contribution in [2.45, 2.75) is 32.3 Å². The maximum Gasteiger partial charge on any atom is 0.234 e. The zero-order chi connectivity index (χ0) is 14.7. The quantitative estimate of drug-likeness (QED) is 0.701. The molecule has 0 radical (unpaired) electrons. The number of fused-ring (bicyclic) bond motifs is 1. The maximum absolute atomic E-state index is 5.14. The lowest BCUT2D eigenvalue weighted by atomic mass is 9.95. The molecule has 0 spiro atoms. The van der Waals surface area contributed by atoms with Crippen LogP contribution in [0.15, 0.2) is 30.3 Å². The Hall–Kier alpha value is -1.79. The molecule has 0 aliphatic heterocycles. The molecule has 3 rings (SSSR count). The molecule has 0 saturated heterocycles. The largest absolute Gasteiger partial charge is 0.377 e. The van der Waals surface area contributed by atoms with E-state index >= 15 is 0 Å². The van der Waals surface area contributed by atoms with Gasteiger partial charge in [0.15, 0.2) is 5.82 Å². The molecule has 2 heterocycles. The van der Waals surface area contributed by atoms with Crippen LogP contribution in [0.5, 0.6) is 0 Å². The number of methoxy groups -OCH3 is 1. The Morgan fingerprint density at radius 2 is 2.05 bits per heavy atom. The van der Waals surface area contributed by atoms with E-state index in [0.29, 0.717) is 12.5 Å². The summed E-state index contributed by atoms with van der Waals surface area (Å²) in [5.74, 6) is 1.07. The molecule has 0 saturated carbocycles. The van der Waals surface area contributed by atoms with E-state index in [9.17, 15) is 0 Å². The van der Waals surface area contributed by atoms with E-state index in [1.807, 2.05) is 6.07 Å². The molecule has 110 valence electrons. The van der Waals surface area contributed by atoms with Crippen molar-refractivity contribution in [3.8, 4) is 0 Å². The van der Waals surface area contributed by atoms with Gasteiger partial charge >= 0.3 is 0 Å². The van der Waals surface area contributed by atoms with Crippen LogP contribution in [0, 0.1) is 0 Å². The van der Waals surface area contributed by atoms with E-state index in [-0.39, 0.29) is 0 Å². The van der Waals surface area contributed by atoms with Gasteiger partial charge < -0.3 is 4.74 Å². The molecule has 0 N–H and O–H groups in total. The van der Waals surface area contributed by atoms with Gasteiger partial charge in [0, 0.05) is 13.0 Å². The number of nitrogens with zero attached hydrogens (tertiary/aromatic N) is 4. The average Bonchev–Trinajstić information content (AvgIpc) is 3.08. The van der Waals surface area contributed by atoms with Gasteiger partial charge in [0.25, 0.3) is 0 Å². The van der Waals surface area contributed by atoms with E-state index in [2.05, 4.69) is 41.4 Å². The van der Waals surface area contributed by atoms with Crippen molar-refractivity contribution >= 4 is 16.3 Å². The summed E-state index contributed by atoms with van der Waals surface area (Å²) in [5, 5.41) is 14.1. The lowest BCUT2D eigenvalue weighted by Crippen LogP contribution is -2.03. The molecule has 6 heteroatoms. The Bertz CT molecular complexity index is 707. The van der Waals surface area contributed by atoms with Gasteiger partial charge in [-0.15, -0.1) is 10.2 Å². The fraction of sp³-hybridized carbons (Fsp3) is 0.400. The molecule has 5 nitrogen and oxygen atoms in total. The van der Waals surface area contributed by atoms with E-state index in [4.69, 9.17) is 9.84 Å². The van der Waals surface area contributed by atoms with E-state index in [1.165, 1.54) is 5.56 Å². The third-order valence-electron chi connectivity index (χ3n) is 3.42. The zero-order valence-electron chi connectivity index (χ0n) is 12.2. The van der Waals surface area contributed by atoms with Gasteiger partial charge in [-0.2, -0.15) is 9.61 Å². The minimum atomic E-state index is 0.318. The Balaban J connectivity index is 1.99. The zero-order valence-corrected chi connectivity index (χ0v) is 13.0. The summed E-state index contributed by atoms with van der Waals surface area (Å²) in [7, 11) is 1.65. The SMILES string of the molecule is CCC[C@@H](c1ccccc1)c1nn2c(COC)nnc2s1. The first-order chi connectivity index (χ1) is 10.3. The number of benzene rings is 1. The Labute approximate surface area is 127 Å². The summed E-state index contributed by atoms with van der Waals surface area (Å²) in [6.07, 6.45) is 2.19. The van der Waals surface area contributed by atoms with Crippen LogP contribution in [-0.4, -0.2) is 26.9 Å². The molecular formula is C15H18N4OS. The van der Waals surface area contributed by atoms with Crippen LogP contribution < -0.4 is 0 Å². The predicted octanol–water partition coefficient (Wildman–Crippen LogP) is 3.26. The van der Waals surface area contributed by atoms with Crippen LogP contribution in [0.25, 0.3) is 4.96 Å². The molecule has 0 bridgehead atoms. The van der Waals surface area contributed by atoms with Gasteiger partial charge in [-0.3, -0.25) is 0 Å². The standard InChI is InChI=1S/C15H18N4OS/c1-3-7-12(11-8-5-4-6-9-11)14-18-19-13(10-20-2)16-17-15(19)21-14/h4-6,8-9,12H,3,7,10H2,1-2H3/t12-/m0/s1. The highest BCUT2D eigenvalue weighted by Crippen LogP contribution is 2.32. The van der Waals surface area contributed by atoms with Gasteiger partial charge in [-0.25, -0.2) is 0 Å². The number of ether oxygens (including phenoxy) is 1. The molecule has 0 aliphatic rings. The van der Waals surface area contributed by atoms with E-state index in [0.717, 1.165) is 28.6 Å². The second-order valence-electron chi connectivity index (χ2n) is 4.94. The Kier molecular flexibility index (Phi) is 4.26. The summed E-state index contributed by atoms with van der Waals surface area (Å²) in [6, 6.07) is 10.5. The van der Waals surface area contributed by atoms with Crippen LogP contribution in [0.1, 0.15) is 42.1 Å². The van der Waals surface area contributed by atoms with Crippen molar-refractivity contribution < 1.29 is 4.74 Å². The Morgan fingerprint density at radius 3 is 2.76 bits per heavy atom. The van der Waals surface area contributed by atoms with Crippen molar-refractivity contribution in [2.24, 2.45) is 0 Å². The van der Waals surface area contributed by atoms with Gasteiger partial charge in [0.2, 0.25) is 4.96 Å². The monoisotopic (exact) mass is 302 g/mol. The van der Waals surface area contributed by atoms with Crippen LogP contribution in [-0.2, 0) is 11.3 Å². The molecule has 21 heavy (non-hydrogen) atoms. The average molecular weight is 302 g/mol. The molecule has 1 atom stereocenters. The second kappa shape index (κ2) is 6.32. The minimum absolute atomic E-state index is 0.318. The highest BCUT2D eigenvalue weighted by molar-refractivity contribution is 7.16. The van der Waals surface area contributed by atoms with E-state index < -0.39 is 0 Å². The third-order valence-corrected chi connectivity index (χ3v) is 4.43. The molecule has 0 unspecified atom stereocenters. The summed E-state index contributed by atoms with van der Waals surface area (Å²) < 4.78 is 6.94. The number of hydrogen-bond acceptors (Lipinski definition) is 5. The van der Waals surface area contributed by atoms with Crippen LogP contribution in [0.4, 0.5) is 0 Å². The normalized spacial score (nSPS) is 12.9. The smallest absolute Gasteiger partial charge is 0.234 e. The number of aromatic nitrogens is 4. The molecule has 2 aromatic heterocycles. The van der Waals surface area contributed by atoms with Crippen molar-refractivity contribution in [3.05, 3.63) is 46.7 Å². The topological polar surface area (TPSA) is 52.3 Å². The molecular weight excluding hydrogens is 284 g/mol. The Morgan fingerprint density at radius 1 is 1.24 bits per heavy atom. The predicted molar refractivity (Wildman–Crippen MR) is 82.6 cm³/mol. The fourth-order valence-corrected chi connectivity index (χ4v) is 3.46. The first-order valence-corrected chi connectivity index (χ1v) is 7.90.